The van der Waals surface area contributed by atoms with Crippen molar-refractivity contribution in [2.24, 2.45) is 0 Å². The minimum Gasteiger partial charge on any atom is -0.481 e. The molecule has 0 aliphatic carbocycles. The topological polar surface area (TPSA) is 220 Å². The number of hydrogen-bond donors (Lipinski definition) is 7. The highest BCUT2D eigenvalue weighted by atomic mass is 16.4. The van der Waals surface area contributed by atoms with Crippen LogP contribution in [0.5, 0.6) is 0 Å². The summed E-state index contributed by atoms with van der Waals surface area (Å²) < 4.78 is 0. The van der Waals surface area contributed by atoms with E-state index in [2.05, 4.69) is 57.8 Å². The first kappa shape index (κ1) is 49.8. The van der Waals surface area contributed by atoms with Gasteiger partial charge in [0.25, 0.3) is 0 Å². The highest BCUT2D eigenvalue weighted by Gasteiger charge is 2.25. The SMILES string of the molecule is CCCCCCCCCCCC/C=C/C=C/CCCCCCCCC(=O)N[C@@H](CCC(=O)O)C(=O)N[C@@H](C)C(=O)NCC(=O)N[C@@H](C)C(=O)NCC(=O)O. The fourth-order valence-corrected chi connectivity index (χ4v) is 5.53. The standard InChI is InChI=1S/C40H69N5O9/c1-4-5-6-7-8-9-10-11-12-13-14-15-16-17-18-19-20-21-22-23-24-25-26-34(46)45-33(27-28-36(48)49)40(54)44-32(3)39(53)41-29-35(47)43-31(2)38(52)42-30-37(50)51/h15-18,31-33H,4-14,19-30H2,1-3H3,(H,41,53)(H,42,52)(H,43,47)(H,44,54)(H,45,46)(H,48,49)(H,50,51)/b16-15+,18-17+/t31-,32-,33-/m0/s1. The van der Waals surface area contributed by atoms with Crippen LogP contribution in [-0.2, 0) is 33.6 Å². The van der Waals surface area contributed by atoms with E-state index in [0.717, 1.165) is 44.9 Å². The molecule has 5 amide bonds. The second-order valence-electron chi connectivity index (χ2n) is 13.9. The van der Waals surface area contributed by atoms with Gasteiger partial charge in [0.15, 0.2) is 0 Å². The van der Waals surface area contributed by atoms with Gasteiger partial charge in [-0.05, 0) is 52.4 Å². The van der Waals surface area contributed by atoms with Gasteiger partial charge in [-0.2, -0.15) is 0 Å². The molecule has 3 atom stereocenters. The van der Waals surface area contributed by atoms with Crippen LogP contribution in [0.25, 0.3) is 0 Å². The Labute approximate surface area is 322 Å². The van der Waals surface area contributed by atoms with E-state index in [4.69, 9.17) is 10.2 Å². The largest absolute Gasteiger partial charge is 0.481 e. The van der Waals surface area contributed by atoms with Gasteiger partial charge in [-0.3, -0.25) is 33.6 Å². The van der Waals surface area contributed by atoms with Crippen molar-refractivity contribution in [3.63, 3.8) is 0 Å². The first-order valence-corrected chi connectivity index (χ1v) is 20.1. The van der Waals surface area contributed by atoms with Crippen LogP contribution in [-0.4, -0.2) is 82.9 Å². The van der Waals surface area contributed by atoms with E-state index in [0.29, 0.717) is 6.42 Å². The molecule has 0 heterocycles. The number of nitrogens with one attached hydrogen (secondary N) is 5. The summed E-state index contributed by atoms with van der Waals surface area (Å²) in [5.74, 6) is -5.69. The van der Waals surface area contributed by atoms with Gasteiger partial charge in [0.05, 0.1) is 6.54 Å². The van der Waals surface area contributed by atoms with Gasteiger partial charge >= 0.3 is 11.9 Å². The molecule has 0 bridgehead atoms. The van der Waals surface area contributed by atoms with E-state index in [9.17, 15) is 33.6 Å². The number of amides is 5. The number of unbranched alkanes of at least 4 members (excludes halogenated alkanes) is 16. The van der Waals surface area contributed by atoms with E-state index in [1.165, 1.54) is 78.1 Å². The molecule has 0 aliphatic heterocycles. The van der Waals surface area contributed by atoms with Crippen molar-refractivity contribution in [2.45, 2.75) is 174 Å². The molecule has 0 radical (unpaired) electrons. The quantitative estimate of drug-likeness (QED) is 0.0338. The summed E-state index contributed by atoms with van der Waals surface area (Å²) in [7, 11) is 0. The molecule has 0 aliphatic rings. The lowest BCUT2D eigenvalue weighted by atomic mass is 10.1. The van der Waals surface area contributed by atoms with Crippen molar-refractivity contribution in [3.8, 4) is 0 Å². The summed E-state index contributed by atoms with van der Waals surface area (Å²) in [6, 6.07) is -3.35. The number of hydrogen-bond acceptors (Lipinski definition) is 7. The Morgan fingerprint density at radius 2 is 0.963 bits per heavy atom. The molecule has 0 fully saturated rings. The summed E-state index contributed by atoms with van der Waals surface area (Å²) in [6.07, 6.45) is 29.9. The molecular formula is C40H69N5O9. The third kappa shape index (κ3) is 30.3. The number of rotatable bonds is 34. The molecule has 0 spiro atoms. The average molecular weight is 764 g/mol. The molecule has 0 saturated heterocycles. The Hall–Kier alpha value is -4.23. The molecule has 14 heteroatoms. The van der Waals surface area contributed by atoms with Gasteiger partial charge in [0, 0.05) is 12.8 Å². The Bertz CT molecular complexity index is 1170. The van der Waals surface area contributed by atoms with Gasteiger partial charge in [0.1, 0.15) is 24.7 Å². The van der Waals surface area contributed by atoms with Crippen molar-refractivity contribution in [1.29, 1.82) is 0 Å². The van der Waals surface area contributed by atoms with E-state index in [1.54, 1.807) is 0 Å². The van der Waals surface area contributed by atoms with E-state index < -0.39 is 66.8 Å². The zero-order chi connectivity index (χ0) is 40.4. The van der Waals surface area contributed by atoms with Crippen molar-refractivity contribution in [3.05, 3.63) is 24.3 Å². The summed E-state index contributed by atoms with van der Waals surface area (Å²) in [5, 5.41) is 29.5. The van der Waals surface area contributed by atoms with Gasteiger partial charge in [-0.25, -0.2) is 0 Å². The fourth-order valence-electron chi connectivity index (χ4n) is 5.53. The lowest BCUT2D eigenvalue weighted by molar-refractivity contribution is -0.138. The molecule has 7 N–H and O–H groups in total. The van der Waals surface area contributed by atoms with Gasteiger partial charge in [-0.1, -0.05) is 115 Å². The van der Waals surface area contributed by atoms with Crippen LogP contribution in [0.4, 0.5) is 0 Å². The number of carboxylic acids is 2. The molecule has 0 aromatic heterocycles. The van der Waals surface area contributed by atoms with E-state index in [1.807, 2.05) is 0 Å². The van der Waals surface area contributed by atoms with Crippen LogP contribution in [0.2, 0.25) is 0 Å². The van der Waals surface area contributed by atoms with Crippen molar-refractivity contribution < 1.29 is 43.8 Å². The normalized spacial score (nSPS) is 12.9. The maximum atomic E-state index is 12.9. The smallest absolute Gasteiger partial charge is 0.322 e. The summed E-state index contributed by atoms with van der Waals surface area (Å²) in [4.78, 5) is 83.5. The van der Waals surface area contributed by atoms with Crippen LogP contribution >= 0.6 is 0 Å². The molecular weight excluding hydrogens is 694 g/mol. The Kier molecular flexibility index (Phi) is 30.7. The first-order chi connectivity index (χ1) is 25.9. The van der Waals surface area contributed by atoms with Crippen molar-refractivity contribution in [1.82, 2.24) is 26.6 Å². The zero-order valence-electron chi connectivity index (χ0n) is 33.1. The zero-order valence-corrected chi connectivity index (χ0v) is 33.1. The van der Waals surface area contributed by atoms with Crippen LogP contribution in [0.15, 0.2) is 24.3 Å². The Morgan fingerprint density at radius 3 is 1.46 bits per heavy atom. The third-order valence-electron chi connectivity index (χ3n) is 8.79. The summed E-state index contributed by atoms with van der Waals surface area (Å²) in [6.45, 7) is 3.81. The molecule has 0 saturated carbocycles. The second kappa shape index (κ2) is 33.3. The van der Waals surface area contributed by atoms with Crippen LogP contribution < -0.4 is 26.6 Å². The van der Waals surface area contributed by atoms with Gasteiger partial charge in [0.2, 0.25) is 29.5 Å². The average Bonchev–Trinajstić information content (AvgIpc) is 3.12. The van der Waals surface area contributed by atoms with E-state index >= 15 is 0 Å². The number of carboxylic acid groups (broad SMARTS) is 2. The second-order valence-corrected chi connectivity index (χ2v) is 13.9. The molecule has 0 aromatic carbocycles. The molecule has 14 nitrogen and oxygen atoms in total. The Balaban J connectivity index is 4.23. The fraction of sp³-hybridized carbons (Fsp3) is 0.725. The highest BCUT2D eigenvalue weighted by Crippen LogP contribution is 2.12. The van der Waals surface area contributed by atoms with Crippen molar-refractivity contribution >= 4 is 41.5 Å². The molecule has 0 unspecified atom stereocenters. The lowest BCUT2D eigenvalue weighted by Crippen LogP contribution is -2.54. The predicted molar refractivity (Wildman–Crippen MR) is 209 cm³/mol. The first-order valence-electron chi connectivity index (χ1n) is 20.1. The maximum absolute atomic E-state index is 12.9. The summed E-state index contributed by atoms with van der Waals surface area (Å²) >= 11 is 0. The molecule has 0 rings (SSSR count). The van der Waals surface area contributed by atoms with Gasteiger partial charge in [-0.15, -0.1) is 0 Å². The Morgan fingerprint density at radius 1 is 0.500 bits per heavy atom. The van der Waals surface area contributed by atoms with Crippen LogP contribution in [0.3, 0.4) is 0 Å². The molecule has 54 heavy (non-hydrogen) atoms. The minimum absolute atomic E-state index is 0.172. The van der Waals surface area contributed by atoms with Crippen LogP contribution in [0.1, 0.15) is 156 Å². The highest BCUT2D eigenvalue weighted by molar-refractivity contribution is 5.94. The monoisotopic (exact) mass is 764 g/mol. The summed E-state index contributed by atoms with van der Waals surface area (Å²) in [5.41, 5.74) is 0. The molecule has 308 valence electrons. The van der Waals surface area contributed by atoms with Crippen LogP contribution in [0, 0.1) is 0 Å². The third-order valence-corrected chi connectivity index (χ3v) is 8.79. The predicted octanol–water partition coefficient (Wildman–Crippen LogP) is 5.21. The minimum atomic E-state index is -1.25. The van der Waals surface area contributed by atoms with Gasteiger partial charge < -0.3 is 36.8 Å². The number of carbonyl (C=O) groups excluding carboxylic acids is 5. The lowest BCUT2D eigenvalue weighted by Gasteiger charge is -2.21. The molecule has 0 aromatic rings. The number of allylic oxidation sites excluding steroid dienone is 4. The maximum Gasteiger partial charge on any atom is 0.322 e. The number of carbonyl (C=O) groups is 7. The number of aliphatic carboxylic acids is 2. The van der Waals surface area contributed by atoms with Crippen molar-refractivity contribution in [2.75, 3.05) is 13.1 Å². The van der Waals surface area contributed by atoms with E-state index in [-0.39, 0.29) is 25.2 Å².